The molecule has 1 aromatic rings. The number of likely N-dealkylation sites (N-methyl/N-ethyl adjacent to an activating group) is 1. The molecule has 140 valence electrons. The van der Waals surface area contributed by atoms with Gasteiger partial charge in [-0.15, -0.1) is 0 Å². The Labute approximate surface area is 150 Å². The van der Waals surface area contributed by atoms with Crippen molar-refractivity contribution in [1.82, 2.24) is 20.0 Å². The van der Waals surface area contributed by atoms with Gasteiger partial charge in [0.25, 0.3) is 0 Å². The van der Waals surface area contributed by atoms with Gasteiger partial charge >= 0.3 is 0 Å². The molecule has 0 unspecified atom stereocenters. The van der Waals surface area contributed by atoms with Gasteiger partial charge in [0, 0.05) is 38.0 Å². The van der Waals surface area contributed by atoms with Gasteiger partial charge in [-0.3, -0.25) is 9.48 Å². The van der Waals surface area contributed by atoms with Crippen molar-refractivity contribution >= 4 is 5.91 Å². The average molecular weight is 348 g/mol. The fraction of sp³-hybridized carbons (Fsp3) is 0.789. The van der Waals surface area contributed by atoms with Gasteiger partial charge in [0.05, 0.1) is 24.9 Å². The lowest BCUT2D eigenvalue weighted by molar-refractivity contribution is -0.132. The van der Waals surface area contributed by atoms with E-state index in [9.17, 15) is 4.79 Å². The number of aryl methyl sites for hydroxylation is 1. The third kappa shape index (κ3) is 3.90. The van der Waals surface area contributed by atoms with Crippen LogP contribution in [0.25, 0.3) is 0 Å². The molecule has 1 aromatic heterocycles. The SMILES string of the molecule is COCCn1nc(C)c(CN(C)C(=O)[C@@H]2C[C@@H]3CCCC[C@@H]3N2)c1C. The predicted octanol–water partition coefficient (Wildman–Crippen LogP) is 2.03. The Kier molecular flexibility index (Phi) is 5.79. The van der Waals surface area contributed by atoms with Crippen molar-refractivity contribution < 1.29 is 9.53 Å². The van der Waals surface area contributed by atoms with Crippen molar-refractivity contribution in [1.29, 1.82) is 0 Å². The zero-order valence-corrected chi connectivity index (χ0v) is 16.0. The number of fused-ring (bicyclic) bond motifs is 1. The molecule has 1 aliphatic heterocycles. The smallest absolute Gasteiger partial charge is 0.239 e. The normalized spacial score (nSPS) is 25.8. The van der Waals surface area contributed by atoms with Gasteiger partial charge in [-0.05, 0) is 39.0 Å². The van der Waals surface area contributed by atoms with E-state index in [1.165, 1.54) is 25.7 Å². The van der Waals surface area contributed by atoms with Gasteiger partial charge in [-0.1, -0.05) is 12.8 Å². The molecular formula is C19H32N4O2. The Morgan fingerprint density at radius 2 is 2.12 bits per heavy atom. The predicted molar refractivity (Wildman–Crippen MR) is 97.3 cm³/mol. The quantitative estimate of drug-likeness (QED) is 0.854. The first-order chi connectivity index (χ1) is 12.0. The molecule has 1 saturated carbocycles. The van der Waals surface area contributed by atoms with Crippen LogP contribution < -0.4 is 5.32 Å². The molecule has 1 N–H and O–H groups in total. The lowest BCUT2D eigenvalue weighted by Gasteiger charge is -2.24. The summed E-state index contributed by atoms with van der Waals surface area (Å²) >= 11 is 0. The van der Waals surface area contributed by atoms with Gasteiger partial charge < -0.3 is 15.0 Å². The van der Waals surface area contributed by atoms with Crippen LogP contribution in [-0.4, -0.2) is 53.4 Å². The van der Waals surface area contributed by atoms with Crippen LogP contribution in [0.4, 0.5) is 0 Å². The molecular weight excluding hydrogens is 316 g/mol. The molecule has 3 rings (SSSR count). The highest BCUT2D eigenvalue weighted by atomic mass is 16.5. The molecule has 0 bridgehead atoms. The third-order valence-electron chi connectivity index (χ3n) is 5.97. The number of nitrogens with one attached hydrogen (secondary N) is 1. The zero-order chi connectivity index (χ0) is 18.0. The number of amides is 1. The summed E-state index contributed by atoms with van der Waals surface area (Å²) in [6.07, 6.45) is 6.11. The van der Waals surface area contributed by atoms with Crippen LogP contribution in [-0.2, 0) is 22.6 Å². The maximum Gasteiger partial charge on any atom is 0.239 e. The average Bonchev–Trinajstić information content (AvgIpc) is 3.15. The second-order valence-corrected chi connectivity index (χ2v) is 7.67. The van der Waals surface area contributed by atoms with Gasteiger partial charge in [0.1, 0.15) is 0 Å². The summed E-state index contributed by atoms with van der Waals surface area (Å²) in [7, 11) is 3.61. The fourth-order valence-corrected chi connectivity index (χ4v) is 4.45. The van der Waals surface area contributed by atoms with Gasteiger partial charge in [0.2, 0.25) is 5.91 Å². The summed E-state index contributed by atoms with van der Waals surface area (Å²) in [5.74, 6) is 0.911. The first kappa shape index (κ1) is 18.4. The Hall–Kier alpha value is -1.40. The number of aromatic nitrogens is 2. The number of hydrogen-bond donors (Lipinski definition) is 1. The van der Waals surface area contributed by atoms with Crippen LogP contribution in [0.3, 0.4) is 0 Å². The van der Waals surface area contributed by atoms with Crippen LogP contribution >= 0.6 is 0 Å². The van der Waals surface area contributed by atoms with Crippen molar-refractivity contribution in [2.45, 2.75) is 71.1 Å². The Balaban J connectivity index is 1.63. The minimum atomic E-state index is -0.0118. The van der Waals surface area contributed by atoms with Crippen molar-refractivity contribution in [3.05, 3.63) is 17.0 Å². The lowest BCUT2D eigenvalue weighted by atomic mass is 9.85. The highest BCUT2D eigenvalue weighted by molar-refractivity contribution is 5.82. The van der Waals surface area contributed by atoms with Crippen molar-refractivity contribution in [2.75, 3.05) is 20.8 Å². The zero-order valence-electron chi connectivity index (χ0n) is 16.0. The maximum absolute atomic E-state index is 12.9. The summed E-state index contributed by atoms with van der Waals surface area (Å²) in [4.78, 5) is 14.8. The third-order valence-corrected chi connectivity index (χ3v) is 5.97. The van der Waals surface area contributed by atoms with E-state index < -0.39 is 0 Å². The van der Waals surface area contributed by atoms with Crippen LogP contribution in [0.5, 0.6) is 0 Å². The standard InChI is InChI=1S/C19H32N4O2/c1-13-16(14(2)23(21-13)9-10-25-4)12-22(3)19(24)18-11-15-7-5-6-8-17(15)20-18/h15,17-18,20H,5-12H2,1-4H3/t15-,17-,18-/m0/s1. The van der Waals surface area contributed by atoms with E-state index in [0.717, 1.165) is 29.9 Å². The molecule has 0 spiro atoms. The van der Waals surface area contributed by atoms with Gasteiger partial charge in [-0.25, -0.2) is 0 Å². The highest BCUT2D eigenvalue weighted by Gasteiger charge is 2.39. The van der Waals surface area contributed by atoms with Crippen molar-refractivity contribution in [2.24, 2.45) is 5.92 Å². The molecule has 6 nitrogen and oxygen atoms in total. The Bertz CT molecular complexity index is 599. The van der Waals surface area contributed by atoms with Crippen LogP contribution in [0.1, 0.15) is 49.1 Å². The van der Waals surface area contributed by atoms with Crippen molar-refractivity contribution in [3.63, 3.8) is 0 Å². The molecule has 2 fully saturated rings. The van der Waals surface area contributed by atoms with E-state index in [1.54, 1.807) is 7.11 Å². The number of methoxy groups -OCH3 is 1. The number of rotatable bonds is 6. The Morgan fingerprint density at radius 3 is 2.84 bits per heavy atom. The summed E-state index contributed by atoms with van der Waals surface area (Å²) in [5, 5.41) is 8.19. The fourth-order valence-electron chi connectivity index (χ4n) is 4.45. The summed E-state index contributed by atoms with van der Waals surface area (Å²) < 4.78 is 7.13. The topological polar surface area (TPSA) is 59.4 Å². The molecule has 2 heterocycles. The maximum atomic E-state index is 12.9. The Morgan fingerprint density at radius 1 is 1.36 bits per heavy atom. The number of carbonyl (C=O) groups is 1. The van der Waals surface area contributed by atoms with Gasteiger partial charge in [0.15, 0.2) is 0 Å². The number of ether oxygens (including phenoxy) is 1. The second-order valence-electron chi connectivity index (χ2n) is 7.67. The number of nitrogens with zero attached hydrogens (tertiary/aromatic N) is 3. The molecule has 3 atom stereocenters. The summed E-state index contributed by atoms with van der Waals surface area (Å²) in [6.45, 7) is 6.11. The van der Waals surface area contributed by atoms with E-state index in [2.05, 4.69) is 17.3 Å². The number of hydrogen-bond acceptors (Lipinski definition) is 4. The molecule has 1 saturated heterocycles. The van der Waals surface area contributed by atoms with Gasteiger partial charge in [-0.2, -0.15) is 5.10 Å². The van der Waals surface area contributed by atoms with Crippen LogP contribution in [0.2, 0.25) is 0 Å². The minimum Gasteiger partial charge on any atom is -0.383 e. The molecule has 1 amide bonds. The first-order valence-corrected chi connectivity index (χ1v) is 9.54. The summed E-state index contributed by atoms with van der Waals surface area (Å²) in [6, 6.07) is 0.540. The largest absolute Gasteiger partial charge is 0.383 e. The monoisotopic (exact) mass is 348 g/mol. The molecule has 2 aliphatic rings. The van der Waals surface area contributed by atoms with Crippen molar-refractivity contribution in [3.8, 4) is 0 Å². The second kappa shape index (κ2) is 7.87. The summed E-state index contributed by atoms with van der Waals surface area (Å²) in [5.41, 5.74) is 3.28. The van der Waals surface area contributed by atoms with E-state index in [1.807, 2.05) is 23.6 Å². The lowest BCUT2D eigenvalue weighted by Crippen LogP contribution is -2.43. The van der Waals surface area contributed by atoms with E-state index in [4.69, 9.17) is 4.74 Å². The van der Waals surface area contributed by atoms with E-state index in [-0.39, 0.29) is 11.9 Å². The molecule has 6 heteroatoms. The minimum absolute atomic E-state index is 0.0118. The van der Waals surface area contributed by atoms with Crippen LogP contribution in [0.15, 0.2) is 0 Å². The highest BCUT2D eigenvalue weighted by Crippen LogP contribution is 2.33. The molecule has 0 radical (unpaired) electrons. The van der Waals surface area contributed by atoms with E-state index >= 15 is 0 Å². The van der Waals surface area contributed by atoms with Crippen LogP contribution in [0, 0.1) is 19.8 Å². The first-order valence-electron chi connectivity index (χ1n) is 9.54. The molecule has 25 heavy (non-hydrogen) atoms. The number of carbonyl (C=O) groups excluding carboxylic acids is 1. The molecule has 0 aromatic carbocycles. The van der Waals surface area contributed by atoms with E-state index in [0.29, 0.717) is 25.1 Å². The molecule has 1 aliphatic carbocycles.